The van der Waals surface area contributed by atoms with Crippen molar-refractivity contribution in [2.75, 3.05) is 51.7 Å². The standard InChI is InChI=1S/C18H22N4O4/c1-20(2)14(23)12-21-8-10-22(11-9-21)17-15(18(24)25)16(26-19-17)13-6-4-3-5-7-13/h3-7H,8-12H2,1-2H3,(H,24,25). The number of piperazine rings is 1. The summed E-state index contributed by atoms with van der Waals surface area (Å²) in [6.45, 7) is 2.85. The van der Waals surface area contributed by atoms with Gasteiger partial charge in [0.1, 0.15) is 0 Å². The van der Waals surface area contributed by atoms with Crippen molar-refractivity contribution in [1.82, 2.24) is 15.0 Å². The van der Waals surface area contributed by atoms with Gasteiger partial charge in [0, 0.05) is 45.8 Å². The van der Waals surface area contributed by atoms with Crippen LogP contribution >= 0.6 is 0 Å². The highest BCUT2D eigenvalue weighted by Gasteiger charge is 2.29. The molecule has 0 saturated carbocycles. The van der Waals surface area contributed by atoms with Crippen molar-refractivity contribution in [3.8, 4) is 11.3 Å². The van der Waals surface area contributed by atoms with Gasteiger partial charge in [0.2, 0.25) is 5.91 Å². The minimum atomic E-state index is -1.06. The molecular formula is C18H22N4O4. The lowest BCUT2D eigenvalue weighted by Crippen LogP contribution is -2.49. The summed E-state index contributed by atoms with van der Waals surface area (Å²) in [5.41, 5.74) is 0.757. The molecule has 0 atom stereocenters. The number of hydrogen-bond donors (Lipinski definition) is 1. The van der Waals surface area contributed by atoms with E-state index >= 15 is 0 Å². The lowest BCUT2D eigenvalue weighted by atomic mass is 10.1. The number of carboxylic acids is 1. The SMILES string of the molecule is CN(C)C(=O)CN1CCN(c2noc(-c3ccccc3)c2C(=O)O)CC1. The Morgan fingerprint density at radius 1 is 1.15 bits per heavy atom. The summed E-state index contributed by atoms with van der Waals surface area (Å²) in [7, 11) is 3.47. The predicted octanol–water partition coefficient (Wildman–Crippen LogP) is 1.25. The van der Waals surface area contributed by atoms with E-state index in [0.717, 1.165) is 0 Å². The molecule has 2 aromatic rings. The first-order chi connectivity index (χ1) is 12.5. The van der Waals surface area contributed by atoms with Gasteiger partial charge in [-0.05, 0) is 0 Å². The Labute approximate surface area is 151 Å². The molecule has 0 unspecified atom stereocenters. The normalized spacial score (nSPS) is 15.1. The van der Waals surface area contributed by atoms with Gasteiger partial charge >= 0.3 is 5.97 Å². The minimum Gasteiger partial charge on any atom is -0.477 e. The van der Waals surface area contributed by atoms with Gasteiger partial charge in [-0.3, -0.25) is 9.69 Å². The third-order valence-electron chi connectivity index (χ3n) is 4.45. The molecule has 0 aliphatic carbocycles. The Morgan fingerprint density at radius 3 is 2.38 bits per heavy atom. The van der Waals surface area contributed by atoms with Crippen LogP contribution < -0.4 is 4.90 Å². The lowest BCUT2D eigenvalue weighted by molar-refractivity contribution is -0.129. The molecule has 1 aliphatic heterocycles. The first-order valence-electron chi connectivity index (χ1n) is 8.43. The van der Waals surface area contributed by atoms with Crippen LogP contribution in [-0.2, 0) is 4.79 Å². The van der Waals surface area contributed by atoms with Crippen molar-refractivity contribution in [1.29, 1.82) is 0 Å². The molecule has 1 aromatic heterocycles. The molecule has 2 heterocycles. The van der Waals surface area contributed by atoms with E-state index in [4.69, 9.17) is 4.52 Å². The second-order valence-corrected chi connectivity index (χ2v) is 6.43. The molecule has 1 amide bonds. The maximum Gasteiger partial charge on any atom is 0.343 e. The number of hydrogen-bond acceptors (Lipinski definition) is 6. The molecule has 1 aliphatic rings. The Hall–Kier alpha value is -2.87. The molecule has 0 spiro atoms. The van der Waals surface area contributed by atoms with E-state index in [1.165, 1.54) is 0 Å². The average Bonchev–Trinajstić information content (AvgIpc) is 3.08. The second-order valence-electron chi connectivity index (χ2n) is 6.43. The fraction of sp³-hybridized carbons (Fsp3) is 0.389. The zero-order chi connectivity index (χ0) is 18.7. The molecule has 3 rings (SSSR count). The Balaban J connectivity index is 1.76. The smallest absolute Gasteiger partial charge is 0.343 e. The van der Waals surface area contributed by atoms with Crippen molar-refractivity contribution in [2.45, 2.75) is 0 Å². The maximum absolute atomic E-state index is 11.8. The molecule has 8 heteroatoms. The van der Waals surface area contributed by atoms with Crippen molar-refractivity contribution < 1.29 is 19.2 Å². The zero-order valence-corrected chi connectivity index (χ0v) is 14.9. The Bertz CT molecular complexity index is 780. The van der Waals surface area contributed by atoms with Gasteiger partial charge in [-0.2, -0.15) is 0 Å². The van der Waals surface area contributed by atoms with Crippen LogP contribution in [0.1, 0.15) is 10.4 Å². The van der Waals surface area contributed by atoms with E-state index in [0.29, 0.717) is 44.1 Å². The van der Waals surface area contributed by atoms with Crippen LogP contribution in [-0.4, -0.2) is 78.8 Å². The number of benzene rings is 1. The molecular weight excluding hydrogens is 336 g/mol. The highest BCUT2D eigenvalue weighted by molar-refractivity contribution is 5.99. The fourth-order valence-electron chi connectivity index (χ4n) is 2.93. The molecule has 8 nitrogen and oxygen atoms in total. The molecule has 1 fully saturated rings. The van der Waals surface area contributed by atoms with E-state index in [1.807, 2.05) is 23.1 Å². The van der Waals surface area contributed by atoms with E-state index in [-0.39, 0.29) is 17.2 Å². The number of nitrogens with zero attached hydrogens (tertiary/aromatic N) is 4. The van der Waals surface area contributed by atoms with Crippen LogP contribution in [0.3, 0.4) is 0 Å². The number of rotatable bonds is 5. The van der Waals surface area contributed by atoms with E-state index in [1.54, 1.807) is 31.1 Å². The summed E-state index contributed by atoms with van der Waals surface area (Å²) in [6.07, 6.45) is 0. The summed E-state index contributed by atoms with van der Waals surface area (Å²) >= 11 is 0. The molecule has 0 radical (unpaired) electrons. The molecule has 1 aromatic carbocycles. The largest absolute Gasteiger partial charge is 0.477 e. The first-order valence-corrected chi connectivity index (χ1v) is 8.43. The first kappa shape index (κ1) is 17.9. The number of aromatic carboxylic acids is 1. The fourth-order valence-corrected chi connectivity index (χ4v) is 2.93. The van der Waals surface area contributed by atoms with Gasteiger partial charge in [-0.1, -0.05) is 35.5 Å². The zero-order valence-electron chi connectivity index (χ0n) is 14.9. The molecule has 1 N–H and O–H groups in total. The molecule has 1 saturated heterocycles. The summed E-state index contributed by atoms with van der Waals surface area (Å²) in [5.74, 6) is -0.406. The van der Waals surface area contributed by atoms with Crippen LogP contribution in [0.15, 0.2) is 34.9 Å². The van der Waals surface area contributed by atoms with Crippen molar-refractivity contribution in [2.24, 2.45) is 0 Å². The van der Waals surface area contributed by atoms with Crippen LogP contribution in [0.5, 0.6) is 0 Å². The summed E-state index contributed by atoms with van der Waals surface area (Å²) in [6, 6.07) is 9.09. The Kier molecular flexibility index (Phi) is 5.22. The van der Waals surface area contributed by atoms with Crippen LogP contribution in [0.25, 0.3) is 11.3 Å². The summed E-state index contributed by atoms with van der Waals surface area (Å²) in [5, 5.41) is 13.7. The van der Waals surface area contributed by atoms with Crippen LogP contribution in [0.4, 0.5) is 5.82 Å². The number of likely N-dealkylation sites (N-methyl/N-ethyl adjacent to an activating group) is 1. The predicted molar refractivity (Wildman–Crippen MR) is 96.2 cm³/mol. The van der Waals surface area contributed by atoms with E-state index < -0.39 is 5.97 Å². The molecule has 138 valence electrons. The van der Waals surface area contributed by atoms with Gasteiger partial charge in [0.05, 0.1) is 6.54 Å². The van der Waals surface area contributed by atoms with Crippen LogP contribution in [0.2, 0.25) is 0 Å². The highest BCUT2D eigenvalue weighted by atomic mass is 16.5. The Morgan fingerprint density at radius 2 is 1.81 bits per heavy atom. The summed E-state index contributed by atoms with van der Waals surface area (Å²) < 4.78 is 5.37. The number of anilines is 1. The summed E-state index contributed by atoms with van der Waals surface area (Å²) in [4.78, 5) is 29.2. The van der Waals surface area contributed by atoms with Crippen LogP contribution in [0, 0.1) is 0 Å². The molecule has 26 heavy (non-hydrogen) atoms. The number of amides is 1. The number of carbonyl (C=O) groups excluding carboxylic acids is 1. The maximum atomic E-state index is 11.8. The van der Waals surface area contributed by atoms with Crippen molar-refractivity contribution in [3.63, 3.8) is 0 Å². The quantitative estimate of drug-likeness (QED) is 0.860. The highest BCUT2D eigenvalue weighted by Crippen LogP contribution is 2.31. The topological polar surface area (TPSA) is 90.1 Å². The number of aromatic nitrogens is 1. The monoisotopic (exact) mass is 358 g/mol. The van der Waals surface area contributed by atoms with Crippen molar-refractivity contribution in [3.05, 3.63) is 35.9 Å². The van der Waals surface area contributed by atoms with Gasteiger partial charge in [-0.15, -0.1) is 0 Å². The average molecular weight is 358 g/mol. The third kappa shape index (κ3) is 3.70. The molecule has 0 bridgehead atoms. The van der Waals surface area contributed by atoms with Gasteiger partial charge in [-0.25, -0.2) is 4.79 Å². The second kappa shape index (κ2) is 7.57. The third-order valence-corrected chi connectivity index (χ3v) is 4.45. The van der Waals surface area contributed by atoms with Crippen molar-refractivity contribution >= 4 is 17.7 Å². The van der Waals surface area contributed by atoms with E-state index in [9.17, 15) is 14.7 Å². The van der Waals surface area contributed by atoms with Gasteiger partial charge in [0.15, 0.2) is 17.1 Å². The van der Waals surface area contributed by atoms with Gasteiger partial charge in [0.25, 0.3) is 0 Å². The number of carbonyl (C=O) groups is 2. The van der Waals surface area contributed by atoms with Gasteiger partial charge < -0.3 is 19.4 Å². The minimum absolute atomic E-state index is 0.0532. The van der Waals surface area contributed by atoms with E-state index in [2.05, 4.69) is 10.1 Å². The number of carboxylic acid groups (broad SMARTS) is 1. The lowest BCUT2D eigenvalue weighted by Gasteiger charge is -2.34.